The first-order valence-corrected chi connectivity index (χ1v) is 9.91. The summed E-state index contributed by atoms with van der Waals surface area (Å²) in [6.45, 7) is 6.69. The maximum absolute atomic E-state index is 12.7. The van der Waals surface area contributed by atoms with Crippen LogP contribution in [0.15, 0.2) is 17.2 Å². The van der Waals surface area contributed by atoms with Gasteiger partial charge in [0.1, 0.15) is 4.90 Å². The fourth-order valence-electron chi connectivity index (χ4n) is 2.19. The van der Waals surface area contributed by atoms with Crippen molar-refractivity contribution in [2.75, 3.05) is 26.1 Å². The molecule has 0 amide bonds. The van der Waals surface area contributed by atoms with Gasteiger partial charge in [-0.05, 0) is 40.1 Å². The quantitative estimate of drug-likeness (QED) is 0.792. The van der Waals surface area contributed by atoms with Crippen LogP contribution in [-0.4, -0.2) is 49.4 Å². The van der Waals surface area contributed by atoms with Crippen molar-refractivity contribution in [2.45, 2.75) is 44.3 Å². The van der Waals surface area contributed by atoms with Crippen molar-refractivity contribution >= 4 is 21.8 Å². The van der Waals surface area contributed by atoms with E-state index in [4.69, 9.17) is 0 Å². The van der Waals surface area contributed by atoms with E-state index in [2.05, 4.69) is 19.2 Å². The van der Waals surface area contributed by atoms with Crippen molar-refractivity contribution in [2.24, 2.45) is 0 Å². The molecule has 1 unspecified atom stereocenters. The van der Waals surface area contributed by atoms with E-state index in [1.54, 1.807) is 31.1 Å². The standard InChI is InChI=1S/C14H27N3O2S2/c1-11(2)17-9-14(7-13(17)8-15-4)21(18,19)16(5)12(3)10-20-6/h7,9,11-12,15H,8,10H2,1-6H3. The molecule has 1 heterocycles. The summed E-state index contributed by atoms with van der Waals surface area (Å²) in [5.41, 5.74) is 0.983. The topological polar surface area (TPSA) is 54.3 Å². The average molecular weight is 334 g/mol. The number of hydrogen-bond acceptors (Lipinski definition) is 4. The van der Waals surface area contributed by atoms with Gasteiger partial charge in [0, 0.05) is 43.3 Å². The van der Waals surface area contributed by atoms with Crippen molar-refractivity contribution in [3.8, 4) is 0 Å². The van der Waals surface area contributed by atoms with Crippen LogP contribution in [0.4, 0.5) is 0 Å². The minimum absolute atomic E-state index is 0.0276. The highest BCUT2D eigenvalue weighted by Crippen LogP contribution is 2.23. The molecule has 21 heavy (non-hydrogen) atoms. The molecule has 0 radical (unpaired) electrons. The van der Waals surface area contributed by atoms with Crippen molar-refractivity contribution in [1.82, 2.24) is 14.2 Å². The Kier molecular flexibility index (Phi) is 6.77. The van der Waals surface area contributed by atoms with Gasteiger partial charge in [-0.2, -0.15) is 16.1 Å². The van der Waals surface area contributed by atoms with Gasteiger partial charge in [0.05, 0.1) is 0 Å². The van der Waals surface area contributed by atoms with Crippen molar-refractivity contribution in [3.63, 3.8) is 0 Å². The molecule has 0 fully saturated rings. The zero-order valence-corrected chi connectivity index (χ0v) is 15.4. The van der Waals surface area contributed by atoms with E-state index in [1.165, 1.54) is 4.31 Å². The first-order valence-electron chi connectivity index (χ1n) is 7.08. The van der Waals surface area contributed by atoms with Gasteiger partial charge in [0.2, 0.25) is 10.0 Å². The Labute approximate surface area is 133 Å². The van der Waals surface area contributed by atoms with Crippen LogP contribution < -0.4 is 5.32 Å². The summed E-state index contributed by atoms with van der Waals surface area (Å²) in [6.07, 6.45) is 3.73. The third-order valence-corrected chi connectivity index (χ3v) is 6.28. The molecule has 1 aromatic rings. The molecule has 0 aliphatic rings. The third-order valence-electron chi connectivity index (χ3n) is 3.53. The van der Waals surface area contributed by atoms with E-state index in [1.807, 2.05) is 24.8 Å². The number of rotatable bonds is 8. The van der Waals surface area contributed by atoms with E-state index >= 15 is 0 Å². The fraction of sp³-hybridized carbons (Fsp3) is 0.714. The second-order valence-corrected chi connectivity index (χ2v) is 8.43. The van der Waals surface area contributed by atoms with Gasteiger partial charge < -0.3 is 9.88 Å². The van der Waals surface area contributed by atoms with Crippen LogP contribution >= 0.6 is 11.8 Å². The number of thioether (sulfide) groups is 1. The number of nitrogens with one attached hydrogen (secondary N) is 1. The molecule has 122 valence electrons. The minimum atomic E-state index is -3.44. The number of aromatic nitrogens is 1. The molecular formula is C14H27N3O2S2. The average Bonchev–Trinajstić information content (AvgIpc) is 2.83. The first-order chi connectivity index (χ1) is 9.75. The van der Waals surface area contributed by atoms with E-state index in [0.717, 1.165) is 11.4 Å². The molecule has 0 bridgehead atoms. The van der Waals surface area contributed by atoms with Crippen LogP contribution in [0.25, 0.3) is 0 Å². The summed E-state index contributed by atoms with van der Waals surface area (Å²) < 4.78 is 28.9. The monoisotopic (exact) mass is 333 g/mol. The molecule has 1 rings (SSSR count). The lowest BCUT2D eigenvalue weighted by Crippen LogP contribution is -2.36. The van der Waals surface area contributed by atoms with Gasteiger partial charge in [0.15, 0.2) is 0 Å². The van der Waals surface area contributed by atoms with Crippen LogP contribution in [0, 0.1) is 0 Å². The zero-order chi connectivity index (χ0) is 16.2. The predicted octanol–water partition coefficient (Wildman–Crippen LogP) is 2.16. The van der Waals surface area contributed by atoms with Gasteiger partial charge >= 0.3 is 0 Å². The first kappa shape index (κ1) is 18.5. The Hall–Kier alpha value is -0.500. The number of nitrogens with zero attached hydrogens (tertiary/aromatic N) is 2. The van der Waals surface area contributed by atoms with Gasteiger partial charge in [-0.3, -0.25) is 0 Å². The van der Waals surface area contributed by atoms with Crippen LogP contribution in [0.3, 0.4) is 0 Å². The normalized spacial score (nSPS) is 14.1. The third kappa shape index (κ3) is 4.25. The largest absolute Gasteiger partial charge is 0.346 e. The molecule has 0 aliphatic heterocycles. The Bertz CT molecular complexity index is 553. The Morgan fingerprint density at radius 3 is 2.48 bits per heavy atom. The molecule has 0 saturated heterocycles. The molecule has 0 aliphatic carbocycles. The Morgan fingerprint density at radius 2 is 2.00 bits per heavy atom. The van der Waals surface area contributed by atoms with Crippen LogP contribution in [-0.2, 0) is 16.6 Å². The summed E-state index contributed by atoms with van der Waals surface area (Å²) >= 11 is 1.65. The lowest BCUT2D eigenvalue weighted by atomic mass is 10.3. The smallest absolute Gasteiger partial charge is 0.244 e. The SMILES string of the molecule is CNCc1cc(S(=O)(=O)N(C)C(C)CSC)cn1C(C)C. The summed E-state index contributed by atoms with van der Waals surface area (Å²) in [6, 6.07) is 1.97. The Balaban J connectivity index is 3.16. The zero-order valence-electron chi connectivity index (χ0n) is 13.8. The molecular weight excluding hydrogens is 306 g/mol. The fourth-order valence-corrected chi connectivity index (χ4v) is 4.40. The second-order valence-electron chi connectivity index (χ2n) is 5.52. The highest BCUT2D eigenvalue weighted by atomic mass is 32.2. The van der Waals surface area contributed by atoms with Crippen LogP contribution in [0.2, 0.25) is 0 Å². The van der Waals surface area contributed by atoms with E-state index in [9.17, 15) is 8.42 Å². The van der Waals surface area contributed by atoms with E-state index < -0.39 is 10.0 Å². The summed E-state index contributed by atoms with van der Waals surface area (Å²) in [5.74, 6) is 0.782. The predicted molar refractivity (Wildman–Crippen MR) is 90.4 cm³/mol. The maximum atomic E-state index is 12.7. The van der Waals surface area contributed by atoms with Gasteiger partial charge in [-0.15, -0.1) is 0 Å². The van der Waals surface area contributed by atoms with Gasteiger partial charge in [-0.1, -0.05) is 0 Å². The molecule has 0 spiro atoms. The summed E-state index contributed by atoms with van der Waals surface area (Å²) in [5, 5.41) is 3.08. The highest BCUT2D eigenvalue weighted by molar-refractivity contribution is 7.98. The molecule has 1 aromatic heterocycles. The molecule has 1 atom stereocenters. The van der Waals surface area contributed by atoms with Crippen LogP contribution in [0.5, 0.6) is 0 Å². The van der Waals surface area contributed by atoms with Crippen molar-refractivity contribution in [3.05, 3.63) is 18.0 Å². The highest BCUT2D eigenvalue weighted by Gasteiger charge is 2.27. The molecule has 0 saturated carbocycles. The number of hydrogen-bond donors (Lipinski definition) is 1. The number of sulfonamides is 1. The maximum Gasteiger partial charge on any atom is 0.244 e. The lowest BCUT2D eigenvalue weighted by molar-refractivity contribution is 0.415. The second kappa shape index (κ2) is 7.67. The summed E-state index contributed by atoms with van der Waals surface area (Å²) in [4.78, 5) is 0.372. The summed E-state index contributed by atoms with van der Waals surface area (Å²) in [7, 11) is 0.0706. The Morgan fingerprint density at radius 1 is 1.38 bits per heavy atom. The van der Waals surface area contributed by atoms with Crippen LogP contribution in [0.1, 0.15) is 32.5 Å². The lowest BCUT2D eigenvalue weighted by Gasteiger charge is -2.23. The molecule has 5 nitrogen and oxygen atoms in total. The van der Waals surface area contributed by atoms with Crippen molar-refractivity contribution in [1.29, 1.82) is 0 Å². The van der Waals surface area contributed by atoms with E-state index in [0.29, 0.717) is 11.4 Å². The molecule has 1 N–H and O–H groups in total. The minimum Gasteiger partial charge on any atom is -0.346 e. The molecule has 7 heteroatoms. The van der Waals surface area contributed by atoms with Gasteiger partial charge in [0.25, 0.3) is 0 Å². The van der Waals surface area contributed by atoms with Crippen molar-refractivity contribution < 1.29 is 8.42 Å². The molecule has 0 aromatic carbocycles. The van der Waals surface area contributed by atoms with Gasteiger partial charge in [-0.25, -0.2) is 8.42 Å². The van der Waals surface area contributed by atoms with E-state index in [-0.39, 0.29) is 12.1 Å².